The van der Waals surface area contributed by atoms with E-state index in [1.807, 2.05) is 6.92 Å². The maximum Gasteiger partial charge on any atom is 0.328 e. The smallest absolute Gasteiger partial charge is 0.328 e. The SMILES string of the molecule is Cc1ccc(S(=O)(=O)Nc2ccccc2C=CC(=O)O)cc1. The van der Waals surface area contributed by atoms with Crippen molar-refractivity contribution in [2.75, 3.05) is 4.72 Å². The Kier molecular flexibility index (Phi) is 4.62. The lowest BCUT2D eigenvalue weighted by atomic mass is 10.2. The van der Waals surface area contributed by atoms with Gasteiger partial charge in [0.15, 0.2) is 0 Å². The summed E-state index contributed by atoms with van der Waals surface area (Å²) in [6.45, 7) is 1.87. The molecule has 2 rings (SSSR count). The fraction of sp³-hybridized carbons (Fsp3) is 0.0625. The number of hydrogen-bond donors (Lipinski definition) is 2. The second kappa shape index (κ2) is 6.44. The van der Waals surface area contributed by atoms with Gasteiger partial charge in [-0.25, -0.2) is 13.2 Å². The monoisotopic (exact) mass is 317 g/mol. The predicted molar refractivity (Wildman–Crippen MR) is 85.1 cm³/mol. The van der Waals surface area contributed by atoms with Crippen LogP contribution in [0.3, 0.4) is 0 Å². The summed E-state index contributed by atoms with van der Waals surface area (Å²) < 4.78 is 27.2. The van der Waals surface area contributed by atoms with Crippen molar-refractivity contribution in [2.45, 2.75) is 11.8 Å². The summed E-state index contributed by atoms with van der Waals surface area (Å²) in [6, 6.07) is 13.0. The topological polar surface area (TPSA) is 83.5 Å². The van der Waals surface area contributed by atoms with Gasteiger partial charge in [0.1, 0.15) is 0 Å². The molecule has 0 heterocycles. The van der Waals surface area contributed by atoms with Gasteiger partial charge < -0.3 is 5.11 Å². The highest BCUT2D eigenvalue weighted by Crippen LogP contribution is 2.21. The summed E-state index contributed by atoms with van der Waals surface area (Å²) in [6.07, 6.45) is 2.30. The number of carbonyl (C=O) groups is 1. The number of nitrogens with one attached hydrogen (secondary N) is 1. The Balaban J connectivity index is 2.34. The summed E-state index contributed by atoms with van der Waals surface area (Å²) in [5.41, 5.74) is 1.75. The normalized spacial score (nSPS) is 11.5. The third-order valence-electron chi connectivity index (χ3n) is 2.94. The van der Waals surface area contributed by atoms with E-state index in [4.69, 9.17) is 5.11 Å². The third kappa shape index (κ3) is 3.95. The molecule has 2 aromatic rings. The Bertz CT molecular complexity index is 808. The van der Waals surface area contributed by atoms with Gasteiger partial charge in [0.2, 0.25) is 0 Å². The van der Waals surface area contributed by atoms with Crippen LogP contribution in [-0.4, -0.2) is 19.5 Å². The first-order valence-corrected chi connectivity index (χ1v) is 7.96. The van der Waals surface area contributed by atoms with Crippen molar-refractivity contribution in [3.05, 3.63) is 65.7 Å². The number of aliphatic carboxylic acids is 1. The van der Waals surface area contributed by atoms with E-state index in [1.54, 1.807) is 36.4 Å². The average molecular weight is 317 g/mol. The number of carboxylic acid groups (broad SMARTS) is 1. The molecule has 0 saturated heterocycles. The fourth-order valence-corrected chi connectivity index (χ4v) is 2.91. The number of para-hydroxylation sites is 1. The van der Waals surface area contributed by atoms with E-state index in [0.717, 1.165) is 11.6 Å². The highest BCUT2D eigenvalue weighted by atomic mass is 32.2. The fourth-order valence-electron chi connectivity index (χ4n) is 1.82. The number of carboxylic acids is 1. The molecule has 5 nitrogen and oxygen atoms in total. The molecule has 0 aromatic heterocycles. The van der Waals surface area contributed by atoms with E-state index in [2.05, 4.69) is 4.72 Å². The van der Waals surface area contributed by atoms with Crippen molar-refractivity contribution < 1.29 is 18.3 Å². The molecule has 0 aliphatic carbocycles. The molecule has 2 N–H and O–H groups in total. The molecule has 0 bridgehead atoms. The summed E-state index contributed by atoms with van der Waals surface area (Å²) in [5, 5.41) is 8.68. The van der Waals surface area contributed by atoms with Crippen molar-refractivity contribution in [2.24, 2.45) is 0 Å². The molecule has 0 aliphatic heterocycles. The van der Waals surface area contributed by atoms with Crippen LogP contribution < -0.4 is 4.72 Å². The molecule has 0 spiro atoms. The Labute approximate surface area is 129 Å². The van der Waals surface area contributed by atoms with Crippen LogP contribution in [0.1, 0.15) is 11.1 Å². The van der Waals surface area contributed by atoms with E-state index < -0.39 is 16.0 Å². The average Bonchev–Trinajstić information content (AvgIpc) is 2.46. The molecule has 0 saturated carbocycles. The molecule has 0 radical (unpaired) electrons. The van der Waals surface area contributed by atoms with Crippen LogP contribution in [0.4, 0.5) is 5.69 Å². The van der Waals surface area contributed by atoms with Gasteiger partial charge in [-0.3, -0.25) is 4.72 Å². The minimum absolute atomic E-state index is 0.148. The third-order valence-corrected chi connectivity index (χ3v) is 4.32. The maximum absolute atomic E-state index is 12.4. The quantitative estimate of drug-likeness (QED) is 0.831. The Morgan fingerprint density at radius 2 is 1.73 bits per heavy atom. The lowest BCUT2D eigenvalue weighted by Crippen LogP contribution is -2.13. The number of rotatable bonds is 5. The Hall–Kier alpha value is -2.60. The predicted octanol–water partition coefficient (Wildman–Crippen LogP) is 2.89. The van der Waals surface area contributed by atoms with Crippen molar-refractivity contribution in [3.63, 3.8) is 0 Å². The summed E-state index contributed by atoms with van der Waals surface area (Å²) in [7, 11) is -3.72. The number of sulfonamides is 1. The lowest BCUT2D eigenvalue weighted by molar-refractivity contribution is -0.131. The number of anilines is 1. The van der Waals surface area contributed by atoms with Gasteiger partial charge in [-0.05, 0) is 36.8 Å². The van der Waals surface area contributed by atoms with Crippen LogP contribution >= 0.6 is 0 Å². The van der Waals surface area contributed by atoms with Crippen molar-refractivity contribution in [1.29, 1.82) is 0 Å². The zero-order valence-corrected chi connectivity index (χ0v) is 12.7. The Morgan fingerprint density at radius 1 is 1.09 bits per heavy atom. The molecular formula is C16H15NO4S. The first-order valence-electron chi connectivity index (χ1n) is 6.48. The molecule has 22 heavy (non-hydrogen) atoms. The molecular weight excluding hydrogens is 302 g/mol. The highest BCUT2D eigenvalue weighted by molar-refractivity contribution is 7.92. The van der Waals surface area contributed by atoms with E-state index in [0.29, 0.717) is 11.3 Å². The molecule has 0 atom stereocenters. The lowest BCUT2D eigenvalue weighted by Gasteiger charge is -2.10. The molecule has 0 aliphatic rings. The summed E-state index contributed by atoms with van der Waals surface area (Å²) in [4.78, 5) is 10.7. The van der Waals surface area contributed by atoms with E-state index >= 15 is 0 Å². The van der Waals surface area contributed by atoms with Gasteiger partial charge in [-0.1, -0.05) is 35.9 Å². The van der Waals surface area contributed by atoms with E-state index in [9.17, 15) is 13.2 Å². The number of benzene rings is 2. The minimum atomic E-state index is -3.72. The van der Waals surface area contributed by atoms with Crippen molar-refractivity contribution in [1.82, 2.24) is 0 Å². The van der Waals surface area contributed by atoms with Crippen LogP contribution in [0.15, 0.2) is 59.5 Å². The zero-order valence-electron chi connectivity index (χ0n) is 11.9. The van der Waals surface area contributed by atoms with Crippen LogP contribution in [0.25, 0.3) is 6.08 Å². The summed E-state index contributed by atoms with van der Waals surface area (Å²) >= 11 is 0. The second-order valence-corrected chi connectivity index (χ2v) is 6.36. The zero-order chi connectivity index (χ0) is 16.2. The van der Waals surface area contributed by atoms with Gasteiger partial charge in [0.25, 0.3) is 10.0 Å². The Morgan fingerprint density at radius 3 is 2.36 bits per heavy atom. The molecule has 0 unspecified atom stereocenters. The van der Waals surface area contributed by atoms with Gasteiger partial charge in [0, 0.05) is 6.08 Å². The molecule has 0 amide bonds. The van der Waals surface area contributed by atoms with Gasteiger partial charge in [-0.2, -0.15) is 0 Å². The minimum Gasteiger partial charge on any atom is -0.478 e. The van der Waals surface area contributed by atoms with Crippen molar-refractivity contribution in [3.8, 4) is 0 Å². The highest BCUT2D eigenvalue weighted by Gasteiger charge is 2.15. The van der Waals surface area contributed by atoms with E-state index in [-0.39, 0.29) is 4.90 Å². The van der Waals surface area contributed by atoms with Crippen molar-refractivity contribution >= 4 is 27.8 Å². The van der Waals surface area contributed by atoms with Crippen LogP contribution in [0.5, 0.6) is 0 Å². The van der Waals surface area contributed by atoms with Gasteiger partial charge >= 0.3 is 5.97 Å². The van der Waals surface area contributed by atoms with Crippen LogP contribution in [0, 0.1) is 6.92 Å². The van der Waals surface area contributed by atoms with Crippen LogP contribution in [0.2, 0.25) is 0 Å². The van der Waals surface area contributed by atoms with Gasteiger partial charge in [0.05, 0.1) is 10.6 Å². The molecule has 6 heteroatoms. The maximum atomic E-state index is 12.4. The summed E-state index contributed by atoms with van der Waals surface area (Å²) in [5.74, 6) is -1.10. The molecule has 114 valence electrons. The second-order valence-electron chi connectivity index (χ2n) is 4.68. The number of hydrogen-bond acceptors (Lipinski definition) is 3. The standard InChI is InChI=1S/C16H15NO4S/c1-12-6-9-14(10-7-12)22(20,21)17-15-5-3-2-4-13(15)8-11-16(18)19/h2-11,17H,1H3,(H,18,19). The van der Waals surface area contributed by atoms with E-state index in [1.165, 1.54) is 18.2 Å². The molecule has 2 aromatic carbocycles. The largest absolute Gasteiger partial charge is 0.478 e. The number of aryl methyl sites for hydroxylation is 1. The first kappa shape index (κ1) is 15.8. The first-order chi connectivity index (χ1) is 10.4. The molecule has 0 fully saturated rings. The van der Waals surface area contributed by atoms with Crippen LogP contribution in [-0.2, 0) is 14.8 Å². The van der Waals surface area contributed by atoms with Gasteiger partial charge in [-0.15, -0.1) is 0 Å².